The molecule has 0 radical (unpaired) electrons. The largest absolute Gasteiger partial charge is 0.465 e. The molecular weight excluding hydrogens is 985 g/mol. The van der Waals surface area contributed by atoms with Gasteiger partial charge in [0, 0.05) is 12.8 Å². The predicted octanol–water partition coefficient (Wildman–Crippen LogP) is 3.67. The van der Waals surface area contributed by atoms with Crippen LogP contribution in [0.3, 0.4) is 0 Å². The van der Waals surface area contributed by atoms with Crippen LogP contribution in [0.15, 0.2) is 0 Å². The second-order valence-corrected chi connectivity index (χ2v) is 22.3. The van der Waals surface area contributed by atoms with Gasteiger partial charge < -0.3 is 71.1 Å². The van der Waals surface area contributed by atoms with E-state index in [1.54, 1.807) is 0 Å². The molecule has 3 aliphatic carbocycles. The van der Waals surface area contributed by atoms with Crippen LogP contribution in [0.5, 0.6) is 0 Å². The minimum atomic E-state index is -0.455. The van der Waals surface area contributed by atoms with E-state index in [1.165, 1.54) is 0 Å². The molecule has 9 saturated heterocycles. The number of rotatable bonds is 30. The van der Waals surface area contributed by atoms with Crippen molar-refractivity contribution < 1.29 is 99.8 Å². The summed E-state index contributed by atoms with van der Waals surface area (Å²) in [6.07, 6.45) is 16.6. The lowest BCUT2D eigenvalue weighted by molar-refractivity contribution is -0.162. The molecule has 18 atom stereocenters. The summed E-state index contributed by atoms with van der Waals surface area (Å²) < 4.78 is 79.7. The van der Waals surface area contributed by atoms with Gasteiger partial charge in [-0.25, -0.2) is 0 Å². The third kappa shape index (κ3) is 18.3. The van der Waals surface area contributed by atoms with E-state index in [0.29, 0.717) is 103 Å². The van der Waals surface area contributed by atoms with E-state index in [9.17, 15) is 28.8 Å². The normalized spacial score (nSPS) is 37.8. The number of fused-ring (bicyclic) bond motifs is 3. The Morgan fingerprint density at radius 1 is 0.267 bits per heavy atom. The van der Waals surface area contributed by atoms with Crippen molar-refractivity contribution in [1.82, 2.24) is 0 Å². The molecule has 0 amide bonds. The summed E-state index contributed by atoms with van der Waals surface area (Å²) in [5.41, 5.74) is 0. The van der Waals surface area contributed by atoms with Crippen molar-refractivity contribution in [2.75, 3.05) is 79.3 Å². The third-order valence-electron chi connectivity index (χ3n) is 16.2. The summed E-state index contributed by atoms with van der Waals surface area (Å²) >= 11 is 0. The summed E-state index contributed by atoms with van der Waals surface area (Å²) in [7, 11) is 0. The Hall–Kier alpha value is -3.54. The molecule has 0 bridgehead atoms. The Balaban J connectivity index is 0.000000129. The molecule has 3 saturated carbocycles. The molecule has 12 aliphatic rings. The van der Waals surface area contributed by atoms with Gasteiger partial charge in [-0.1, -0.05) is 0 Å². The average Bonchev–Trinajstić information content (AvgIpc) is 4.22. The molecule has 0 aromatic heterocycles. The first-order valence-corrected chi connectivity index (χ1v) is 28.3. The second-order valence-electron chi connectivity index (χ2n) is 22.3. The Labute approximate surface area is 438 Å². The highest BCUT2D eigenvalue weighted by Gasteiger charge is 2.56. The van der Waals surface area contributed by atoms with Crippen LogP contribution in [0.1, 0.15) is 116 Å². The van der Waals surface area contributed by atoms with Crippen LogP contribution in [0.25, 0.3) is 0 Å². The summed E-state index contributed by atoms with van der Waals surface area (Å²) in [4.78, 5) is 74.6. The summed E-state index contributed by atoms with van der Waals surface area (Å²) in [5.74, 6) is -4.44. The molecule has 0 N–H and O–H groups in total. The van der Waals surface area contributed by atoms with Gasteiger partial charge >= 0.3 is 35.8 Å². The molecule has 21 heteroatoms. The molecule has 12 fully saturated rings. The Bertz CT molecular complexity index is 1790. The minimum absolute atomic E-state index is 0.100. The lowest BCUT2D eigenvalue weighted by Crippen LogP contribution is -2.38. The van der Waals surface area contributed by atoms with E-state index in [1.807, 2.05) is 0 Å². The van der Waals surface area contributed by atoms with Gasteiger partial charge in [0.2, 0.25) is 0 Å². The fourth-order valence-corrected chi connectivity index (χ4v) is 10.7. The van der Waals surface area contributed by atoms with Gasteiger partial charge in [-0.3, -0.25) is 28.8 Å². The molecule has 9 aliphatic heterocycles. The molecule has 420 valence electrons. The first-order valence-electron chi connectivity index (χ1n) is 28.3. The van der Waals surface area contributed by atoms with Crippen LogP contribution >= 0.6 is 0 Å². The molecule has 9 heterocycles. The monoisotopic (exact) mass is 1060 g/mol. The van der Waals surface area contributed by atoms with Crippen LogP contribution in [-0.4, -0.2) is 188 Å². The number of epoxide rings is 9. The van der Waals surface area contributed by atoms with E-state index in [4.69, 9.17) is 71.1 Å². The van der Waals surface area contributed by atoms with Gasteiger partial charge in [0.15, 0.2) is 0 Å². The van der Waals surface area contributed by atoms with Gasteiger partial charge in [0.25, 0.3) is 0 Å². The SMILES string of the molecule is O=C(OCCC1CO1)C1CC2OC2CC1C(=O)OCCC1CO1.O=C(OCCCC1CO1)C1CC2OC2CC1C(=O)OCCCC1CO1.O=C(OCCCCC1CO1)C1CC2OC2CC1C(=O)OCCCCC1CO1. The molecule has 18 unspecified atom stereocenters. The van der Waals surface area contributed by atoms with E-state index in [2.05, 4.69) is 0 Å². The van der Waals surface area contributed by atoms with Crippen LogP contribution in [0, 0.1) is 35.5 Å². The third-order valence-corrected chi connectivity index (χ3v) is 16.2. The lowest BCUT2D eigenvalue weighted by atomic mass is 9.79. The van der Waals surface area contributed by atoms with Crippen molar-refractivity contribution in [1.29, 1.82) is 0 Å². The maximum Gasteiger partial charge on any atom is 0.309 e. The van der Waals surface area contributed by atoms with Crippen LogP contribution < -0.4 is 0 Å². The maximum absolute atomic E-state index is 12.5. The molecule has 0 aromatic carbocycles. The maximum atomic E-state index is 12.5. The fourth-order valence-electron chi connectivity index (χ4n) is 10.7. The molecule has 0 aromatic rings. The zero-order chi connectivity index (χ0) is 51.7. The number of carbonyl (C=O) groups excluding carboxylic acids is 6. The van der Waals surface area contributed by atoms with Crippen molar-refractivity contribution in [3.05, 3.63) is 0 Å². The van der Waals surface area contributed by atoms with Gasteiger partial charge in [-0.05, 0) is 103 Å². The van der Waals surface area contributed by atoms with Gasteiger partial charge in [0.05, 0.1) is 188 Å². The highest BCUT2D eigenvalue weighted by Crippen LogP contribution is 2.46. The second kappa shape index (κ2) is 26.4. The summed E-state index contributed by atoms with van der Waals surface area (Å²) in [6, 6.07) is 0. The molecule has 12 rings (SSSR count). The van der Waals surface area contributed by atoms with Crippen LogP contribution in [0.4, 0.5) is 0 Å². The number of esters is 6. The number of hydrogen-bond donors (Lipinski definition) is 0. The highest BCUT2D eigenvalue weighted by molar-refractivity contribution is 5.84. The van der Waals surface area contributed by atoms with E-state index in [-0.39, 0.29) is 84.6 Å². The van der Waals surface area contributed by atoms with E-state index in [0.717, 1.165) is 117 Å². The highest BCUT2D eigenvalue weighted by atomic mass is 16.6. The quantitative estimate of drug-likeness (QED) is 0.0430. The molecular formula is C54H78O21. The van der Waals surface area contributed by atoms with Gasteiger partial charge in [-0.2, -0.15) is 0 Å². The van der Waals surface area contributed by atoms with Crippen LogP contribution in [-0.2, 0) is 99.8 Å². The number of carbonyl (C=O) groups is 6. The standard InChI is InChI=1S/C20H30O7.C18H26O7.C16H22O7/c21-19(23-7-3-1-5-13-11-25-13)15-9-17-18(27-17)10-16(15)20(22)24-8-4-2-6-14-12-26-14;19-17(21-5-1-3-11-9-23-11)13-7-15-16(25-15)8-14(13)18(20)22-6-2-4-12-10-24-12;17-15(19-3-1-9-7-21-9)11-5-13-14(23-13)6-12(11)16(18)20-4-2-10-8-22-10/h13-18H,1-12H2;11-16H,1-10H2;9-14H,1-8H2. The Kier molecular flexibility index (Phi) is 19.3. The number of unbranched alkanes of at least 4 members (excludes halogenated alkanes) is 2. The number of ether oxygens (including phenoxy) is 15. The first-order chi connectivity index (χ1) is 36.6. The molecule has 21 nitrogen and oxygen atoms in total. The van der Waals surface area contributed by atoms with E-state index >= 15 is 0 Å². The summed E-state index contributed by atoms with van der Waals surface area (Å²) in [5, 5.41) is 0. The topological polar surface area (TPSA) is 271 Å². The van der Waals surface area contributed by atoms with Gasteiger partial charge in [-0.15, -0.1) is 0 Å². The molecule has 75 heavy (non-hydrogen) atoms. The van der Waals surface area contributed by atoms with Crippen molar-refractivity contribution in [3.63, 3.8) is 0 Å². The zero-order valence-corrected chi connectivity index (χ0v) is 43.2. The Morgan fingerprint density at radius 2 is 0.467 bits per heavy atom. The van der Waals surface area contributed by atoms with Crippen molar-refractivity contribution in [2.24, 2.45) is 35.5 Å². The lowest BCUT2D eigenvalue weighted by Gasteiger charge is -2.26. The van der Waals surface area contributed by atoms with Crippen molar-refractivity contribution in [3.8, 4) is 0 Å². The minimum Gasteiger partial charge on any atom is -0.465 e. The van der Waals surface area contributed by atoms with Crippen LogP contribution in [0.2, 0.25) is 0 Å². The fraction of sp³-hybridized carbons (Fsp3) is 0.889. The summed E-state index contributed by atoms with van der Waals surface area (Å²) in [6.45, 7) is 7.12. The Morgan fingerprint density at radius 3 is 0.707 bits per heavy atom. The van der Waals surface area contributed by atoms with Crippen molar-refractivity contribution >= 4 is 35.8 Å². The molecule has 0 spiro atoms. The van der Waals surface area contributed by atoms with Crippen molar-refractivity contribution in [2.45, 2.75) is 189 Å². The van der Waals surface area contributed by atoms with E-state index < -0.39 is 35.5 Å². The first kappa shape index (κ1) is 54.8. The smallest absolute Gasteiger partial charge is 0.309 e. The average molecular weight is 1060 g/mol. The predicted molar refractivity (Wildman–Crippen MR) is 254 cm³/mol. The zero-order valence-electron chi connectivity index (χ0n) is 43.2. The van der Waals surface area contributed by atoms with Gasteiger partial charge in [0.1, 0.15) is 0 Å². The number of hydrogen-bond acceptors (Lipinski definition) is 21.